The lowest BCUT2D eigenvalue weighted by molar-refractivity contribution is -0.119. The summed E-state index contributed by atoms with van der Waals surface area (Å²) in [6.07, 6.45) is 4.03. The maximum absolute atomic E-state index is 12.1. The summed E-state index contributed by atoms with van der Waals surface area (Å²) in [5, 5.41) is 11.0. The number of anilines is 2. The quantitative estimate of drug-likeness (QED) is 0.774. The number of amides is 1. The monoisotopic (exact) mass is 234 g/mol. The molecule has 1 aliphatic carbocycles. The Bertz CT molecular complexity index is 465. The topological polar surface area (TPSA) is 59.0 Å². The van der Waals surface area contributed by atoms with Crippen LogP contribution in [0.15, 0.2) is 0 Å². The van der Waals surface area contributed by atoms with Crippen molar-refractivity contribution in [2.24, 2.45) is 13.0 Å². The number of aromatic nitrogens is 2. The predicted molar refractivity (Wildman–Crippen MR) is 66.0 cm³/mol. The van der Waals surface area contributed by atoms with Crippen LogP contribution in [-0.2, 0) is 18.3 Å². The van der Waals surface area contributed by atoms with Gasteiger partial charge in [0.15, 0.2) is 0 Å². The van der Waals surface area contributed by atoms with E-state index in [0.29, 0.717) is 0 Å². The molecule has 3 rings (SSSR count). The number of nitrogens with zero attached hydrogens (tertiary/aromatic N) is 2. The SMILES string of the molecule is CCc1nn(C)c2c1NC(=O)C1CCCC1N2. The second-order valence-electron chi connectivity index (χ2n) is 4.92. The van der Waals surface area contributed by atoms with Gasteiger partial charge in [0.05, 0.1) is 11.6 Å². The molecule has 5 heteroatoms. The first-order valence-electron chi connectivity index (χ1n) is 6.34. The van der Waals surface area contributed by atoms with Gasteiger partial charge >= 0.3 is 0 Å². The highest BCUT2D eigenvalue weighted by Crippen LogP contribution is 2.37. The van der Waals surface area contributed by atoms with Crippen molar-refractivity contribution in [3.05, 3.63) is 5.69 Å². The molecule has 2 N–H and O–H groups in total. The second-order valence-corrected chi connectivity index (χ2v) is 4.92. The molecule has 0 bridgehead atoms. The zero-order valence-electron chi connectivity index (χ0n) is 10.3. The maximum atomic E-state index is 12.1. The Morgan fingerprint density at radius 2 is 2.29 bits per heavy atom. The lowest BCUT2D eigenvalue weighted by Gasteiger charge is -2.16. The number of hydrogen-bond donors (Lipinski definition) is 2. The lowest BCUT2D eigenvalue weighted by atomic mass is 10.0. The van der Waals surface area contributed by atoms with E-state index in [1.54, 1.807) is 0 Å². The van der Waals surface area contributed by atoms with E-state index < -0.39 is 0 Å². The Labute approximate surface area is 101 Å². The summed E-state index contributed by atoms with van der Waals surface area (Å²) >= 11 is 0. The molecule has 0 radical (unpaired) electrons. The Balaban J connectivity index is 2.04. The smallest absolute Gasteiger partial charge is 0.229 e. The highest BCUT2D eigenvalue weighted by Gasteiger charge is 2.37. The standard InChI is InChI=1S/C12H18N4O/c1-3-8-10-11(16(2)15-8)13-9-6-4-5-7(9)12(17)14-10/h7,9,13H,3-6H2,1-2H3,(H,14,17). The van der Waals surface area contributed by atoms with E-state index in [1.165, 1.54) is 0 Å². The van der Waals surface area contributed by atoms with Gasteiger partial charge in [0.1, 0.15) is 11.5 Å². The van der Waals surface area contributed by atoms with Gasteiger partial charge in [-0.3, -0.25) is 9.48 Å². The molecule has 0 saturated heterocycles. The Morgan fingerprint density at radius 3 is 3.06 bits per heavy atom. The Kier molecular flexibility index (Phi) is 2.34. The molecule has 2 heterocycles. The average molecular weight is 234 g/mol. The number of nitrogens with one attached hydrogen (secondary N) is 2. The van der Waals surface area contributed by atoms with E-state index in [0.717, 1.165) is 42.9 Å². The first kappa shape index (κ1) is 10.6. The molecule has 5 nitrogen and oxygen atoms in total. The molecule has 2 unspecified atom stereocenters. The predicted octanol–water partition coefficient (Wildman–Crippen LogP) is 1.52. The molecule has 2 atom stereocenters. The van der Waals surface area contributed by atoms with Crippen molar-refractivity contribution in [3.63, 3.8) is 0 Å². The summed E-state index contributed by atoms with van der Waals surface area (Å²) in [5.74, 6) is 1.23. The minimum absolute atomic E-state index is 0.118. The van der Waals surface area contributed by atoms with Gasteiger partial charge in [-0.1, -0.05) is 13.3 Å². The molecule has 1 fully saturated rings. The number of carbonyl (C=O) groups is 1. The van der Waals surface area contributed by atoms with Crippen LogP contribution in [0.4, 0.5) is 11.5 Å². The summed E-state index contributed by atoms with van der Waals surface area (Å²) in [5.41, 5.74) is 1.85. The lowest BCUT2D eigenvalue weighted by Crippen LogP contribution is -2.31. The molecule has 92 valence electrons. The molecule has 0 aromatic carbocycles. The molecule has 2 aliphatic rings. The van der Waals surface area contributed by atoms with E-state index >= 15 is 0 Å². The fourth-order valence-electron chi connectivity index (χ4n) is 2.96. The third kappa shape index (κ3) is 1.52. The molecular formula is C12H18N4O. The van der Waals surface area contributed by atoms with Crippen molar-refractivity contribution in [2.75, 3.05) is 10.6 Å². The minimum Gasteiger partial charge on any atom is -0.365 e. The molecule has 1 saturated carbocycles. The van der Waals surface area contributed by atoms with Crippen LogP contribution in [0.1, 0.15) is 31.9 Å². The molecule has 17 heavy (non-hydrogen) atoms. The van der Waals surface area contributed by atoms with Gasteiger partial charge in [-0.2, -0.15) is 5.10 Å². The van der Waals surface area contributed by atoms with Crippen molar-refractivity contribution < 1.29 is 4.79 Å². The van der Waals surface area contributed by atoms with Crippen LogP contribution in [0.5, 0.6) is 0 Å². The van der Waals surface area contributed by atoms with Gasteiger partial charge in [-0.05, 0) is 19.3 Å². The number of fused-ring (bicyclic) bond motifs is 2. The van der Waals surface area contributed by atoms with Crippen LogP contribution >= 0.6 is 0 Å². The molecule has 1 aromatic heterocycles. The third-order valence-corrected chi connectivity index (χ3v) is 3.88. The van der Waals surface area contributed by atoms with Gasteiger partial charge in [-0.25, -0.2) is 0 Å². The van der Waals surface area contributed by atoms with Crippen LogP contribution in [0.2, 0.25) is 0 Å². The third-order valence-electron chi connectivity index (χ3n) is 3.88. The van der Waals surface area contributed by atoms with E-state index in [-0.39, 0.29) is 17.9 Å². The Morgan fingerprint density at radius 1 is 1.47 bits per heavy atom. The van der Waals surface area contributed by atoms with Crippen LogP contribution < -0.4 is 10.6 Å². The van der Waals surface area contributed by atoms with Gasteiger partial charge in [0.2, 0.25) is 5.91 Å². The van der Waals surface area contributed by atoms with Gasteiger partial charge in [-0.15, -0.1) is 0 Å². The zero-order valence-corrected chi connectivity index (χ0v) is 10.3. The van der Waals surface area contributed by atoms with E-state index in [4.69, 9.17) is 0 Å². The summed E-state index contributed by atoms with van der Waals surface area (Å²) < 4.78 is 1.84. The van der Waals surface area contributed by atoms with E-state index in [9.17, 15) is 4.79 Å². The van der Waals surface area contributed by atoms with Crippen molar-refractivity contribution >= 4 is 17.4 Å². The van der Waals surface area contributed by atoms with E-state index in [2.05, 4.69) is 22.7 Å². The van der Waals surface area contributed by atoms with Crippen molar-refractivity contribution in [1.82, 2.24) is 9.78 Å². The Hall–Kier alpha value is -1.52. The summed E-state index contributed by atoms with van der Waals surface area (Å²) in [6, 6.07) is 0.274. The molecular weight excluding hydrogens is 216 g/mol. The van der Waals surface area contributed by atoms with Crippen LogP contribution in [-0.4, -0.2) is 21.7 Å². The van der Waals surface area contributed by atoms with Crippen LogP contribution in [0.25, 0.3) is 0 Å². The number of hydrogen-bond acceptors (Lipinski definition) is 3. The highest BCUT2D eigenvalue weighted by molar-refractivity contribution is 5.98. The fourth-order valence-corrected chi connectivity index (χ4v) is 2.96. The minimum atomic E-state index is 0.118. The average Bonchev–Trinajstić information content (AvgIpc) is 2.85. The van der Waals surface area contributed by atoms with Gasteiger partial charge < -0.3 is 10.6 Å². The number of aryl methyl sites for hydroxylation is 2. The zero-order chi connectivity index (χ0) is 12.0. The molecule has 1 amide bonds. The molecule has 1 aliphatic heterocycles. The summed E-state index contributed by atoms with van der Waals surface area (Å²) in [4.78, 5) is 12.1. The first-order valence-corrected chi connectivity index (χ1v) is 6.34. The van der Waals surface area contributed by atoms with Crippen molar-refractivity contribution in [1.29, 1.82) is 0 Å². The first-order chi connectivity index (χ1) is 8.20. The number of carbonyl (C=O) groups excluding carboxylic acids is 1. The van der Waals surface area contributed by atoms with E-state index in [1.807, 2.05) is 11.7 Å². The van der Waals surface area contributed by atoms with Gasteiger partial charge in [0, 0.05) is 13.1 Å². The normalized spacial score (nSPS) is 26.8. The second kappa shape index (κ2) is 3.75. The summed E-state index contributed by atoms with van der Waals surface area (Å²) in [7, 11) is 1.92. The molecule has 0 spiro atoms. The van der Waals surface area contributed by atoms with Crippen LogP contribution in [0, 0.1) is 5.92 Å². The van der Waals surface area contributed by atoms with Crippen molar-refractivity contribution in [3.8, 4) is 0 Å². The fraction of sp³-hybridized carbons (Fsp3) is 0.667. The number of rotatable bonds is 1. The van der Waals surface area contributed by atoms with Crippen molar-refractivity contribution in [2.45, 2.75) is 38.6 Å². The molecule has 1 aromatic rings. The van der Waals surface area contributed by atoms with Gasteiger partial charge in [0.25, 0.3) is 0 Å². The highest BCUT2D eigenvalue weighted by atomic mass is 16.2. The largest absolute Gasteiger partial charge is 0.365 e. The summed E-state index contributed by atoms with van der Waals surface area (Å²) in [6.45, 7) is 2.06. The maximum Gasteiger partial charge on any atom is 0.229 e. The van der Waals surface area contributed by atoms with Crippen LogP contribution in [0.3, 0.4) is 0 Å².